The molecule has 25 heavy (non-hydrogen) atoms. The molecule has 0 amide bonds. The molecule has 0 unspecified atom stereocenters. The van der Waals surface area contributed by atoms with Crippen LogP contribution < -0.4 is 0 Å². The predicted octanol–water partition coefficient (Wildman–Crippen LogP) is 4.18. The third kappa shape index (κ3) is 3.77. The van der Waals surface area contributed by atoms with Gasteiger partial charge in [-0.3, -0.25) is 4.79 Å². The summed E-state index contributed by atoms with van der Waals surface area (Å²) in [7, 11) is 0. The first-order chi connectivity index (χ1) is 12.2. The van der Waals surface area contributed by atoms with Gasteiger partial charge in [-0.25, -0.2) is 0 Å². The zero-order chi connectivity index (χ0) is 17.7. The number of rotatable bonds is 6. The van der Waals surface area contributed by atoms with Crippen LogP contribution in [0.5, 0.6) is 0 Å². The molecule has 1 fully saturated rings. The number of hydrogen-bond acceptors (Lipinski definition) is 2. The number of nitrogens with zero attached hydrogens (tertiary/aromatic N) is 1. The van der Waals surface area contributed by atoms with Gasteiger partial charge in [0.25, 0.3) is 0 Å². The number of carboxylic acid groups (broad SMARTS) is 1. The van der Waals surface area contributed by atoms with E-state index < -0.39 is 5.97 Å². The molecular formula is C22H27NO2. The minimum atomic E-state index is -0.661. The Bertz CT molecular complexity index is 644. The van der Waals surface area contributed by atoms with Gasteiger partial charge < -0.3 is 10.0 Å². The smallest absolute Gasteiger partial charge is 0.307 e. The fourth-order valence-corrected chi connectivity index (χ4v) is 4.17. The Morgan fingerprint density at radius 3 is 2.12 bits per heavy atom. The summed E-state index contributed by atoms with van der Waals surface area (Å²) in [5, 5.41) is 9.42. The summed E-state index contributed by atoms with van der Waals surface area (Å²) in [5.41, 5.74) is 2.51. The lowest BCUT2D eigenvalue weighted by Gasteiger charge is -2.41. The molecule has 1 heterocycles. The third-order valence-corrected chi connectivity index (χ3v) is 5.60. The Kier molecular flexibility index (Phi) is 5.54. The van der Waals surface area contributed by atoms with Crippen molar-refractivity contribution in [2.45, 2.75) is 31.6 Å². The first-order valence-electron chi connectivity index (χ1n) is 9.22. The minimum absolute atomic E-state index is 0.108. The predicted molar refractivity (Wildman–Crippen MR) is 101 cm³/mol. The molecule has 0 radical (unpaired) electrons. The fraction of sp³-hybridized carbons (Fsp3) is 0.409. The standard InChI is InChI=1S/C22H27NO2/c1-2-22(19-11-5-3-6-12-19,20-13-7-4-8-14-20)17-23-15-9-10-18(16-23)21(24)25/h3-8,11-14,18H,2,9-10,15-17H2,1H3,(H,24,25)/t18-/m0/s1. The van der Waals surface area contributed by atoms with Crippen LogP contribution in [-0.2, 0) is 10.2 Å². The molecule has 1 aliphatic rings. The topological polar surface area (TPSA) is 40.5 Å². The van der Waals surface area contributed by atoms with E-state index in [1.807, 2.05) is 0 Å². The molecular weight excluding hydrogens is 310 g/mol. The second-order valence-corrected chi connectivity index (χ2v) is 7.08. The zero-order valence-corrected chi connectivity index (χ0v) is 14.9. The van der Waals surface area contributed by atoms with Gasteiger partial charge in [-0.2, -0.15) is 0 Å². The molecule has 3 heteroatoms. The number of carboxylic acids is 1. The van der Waals surface area contributed by atoms with Crippen molar-refractivity contribution in [1.29, 1.82) is 0 Å². The third-order valence-electron chi connectivity index (χ3n) is 5.60. The highest BCUT2D eigenvalue weighted by Crippen LogP contribution is 2.37. The highest BCUT2D eigenvalue weighted by molar-refractivity contribution is 5.70. The first kappa shape index (κ1) is 17.7. The summed E-state index contributed by atoms with van der Waals surface area (Å²) in [6, 6.07) is 21.3. The number of piperidine rings is 1. The van der Waals surface area contributed by atoms with Crippen LogP contribution in [0.3, 0.4) is 0 Å². The normalized spacial score (nSPS) is 18.8. The quantitative estimate of drug-likeness (QED) is 0.860. The van der Waals surface area contributed by atoms with E-state index in [2.05, 4.69) is 72.5 Å². The van der Waals surface area contributed by atoms with Crippen LogP contribution in [0.4, 0.5) is 0 Å². The van der Waals surface area contributed by atoms with Crippen molar-refractivity contribution in [3.05, 3.63) is 71.8 Å². The number of likely N-dealkylation sites (tertiary alicyclic amines) is 1. The zero-order valence-electron chi connectivity index (χ0n) is 14.9. The van der Waals surface area contributed by atoms with E-state index in [0.29, 0.717) is 6.54 Å². The van der Waals surface area contributed by atoms with E-state index in [1.165, 1.54) is 11.1 Å². The summed E-state index contributed by atoms with van der Waals surface area (Å²) in [4.78, 5) is 13.8. The van der Waals surface area contributed by atoms with Crippen LogP contribution in [0.25, 0.3) is 0 Å². The molecule has 0 bridgehead atoms. The number of hydrogen-bond donors (Lipinski definition) is 1. The first-order valence-corrected chi connectivity index (χ1v) is 9.22. The molecule has 3 nitrogen and oxygen atoms in total. The second-order valence-electron chi connectivity index (χ2n) is 7.08. The van der Waals surface area contributed by atoms with E-state index >= 15 is 0 Å². The Hall–Kier alpha value is -2.13. The maximum absolute atomic E-state index is 11.4. The van der Waals surface area contributed by atoms with Gasteiger partial charge >= 0.3 is 5.97 Å². The van der Waals surface area contributed by atoms with Crippen molar-refractivity contribution in [2.75, 3.05) is 19.6 Å². The fourth-order valence-electron chi connectivity index (χ4n) is 4.17. The van der Waals surface area contributed by atoms with E-state index in [4.69, 9.17) is 0 Å². The summed E-state index contributed by atoms with van der Waals surface area (Å²) in [6.07, 6.45) is 2.73. The maximum Gasteiger partial charge on any atom is 0.307 e. The van der Waals surface area contributed by atoms with Crippen molar-refractivity contribution in [3.63, 3.8) is 0 Å². The molecule has 132 valence electrons. The van der Waals surface area contributed by atoms with Crippen LogP contribution >= 0.6 is 0 Å². The lowest BCUT2D eigenvalue weighted by molar-refractivity contribution is -0.143. The van der Waals surface area contributed by atoms with E-state index in [1.54, 1.807) is 0 Å². The monoisotopic (exact) mass is 337 g/mol. The van der Waals surface area contributed by atoms with E-state index in [9.17, 15) is 9.90 Å². The molecule has 3 rings (SSSR count). The second kappa shape index (κ2) is 7.83. The van der Waals surface area contributed by atoms with Crippen LogP contribution in [0, 0.1) is 5.92 Å². The van der Waals surface area contributed by atoms with E-state index in [0.717, 1.165) is 32.4 Å². The van der Waals surface area contributed by atoms with Gasteiger partial charge in [0.2, 0.25) is 0 Å². The van der Waals surface area contributed by atoms with Gasteiger partial charge in [0.1, 0.15) is 0 Å². The van der Waals surface area contributed by atoms with Gasteiger partial charge in [0, 0.05) is 18.5 Å². The number of aliphatic carboxylic acids is 1. The van der Waals surface area contributed by atoms with Crippen molar-refractivity contribution in [2.24, 2.45) is 5.92 Å². The lowest BCUT2D eigenvalue weighted by atomic mass is 9.71. The van der Waals surface area contributed by atoms with Gasteiger partial charge in [-0.1, -0.05) is 67.6 Å². The molecule has 0 spiro atoms. The molecule has 1 aliphatic heterocycles. The molecule has 0 aromatic heterocycles. The van der Waals surface area contributed by atoms with Gasteiger partial charge in [0.05, 0.1) is 5.92 Å². The molecule has 1 saturated heterocycles. The summed E-state index contributed by atoms with van der Waals surface area (Å²) >= 11 is 0. The van der Waals surface area contributed by atoms with Crippen molar-refractivity contribution in [3.8, 4) is 0 Å². The Morgan fingerprint density at radius 1 is 1.08 bits per heavy atom. The molecule has 0 saturated carbocycles. The van der Waals surface area contributed by atoms with Crippen LogP contribution in [-0.4, -0.2) is 35.6 Å². The summed E-state index contributed by atoms with van der Waals surface area (Å²) in [6.45, 7) is 4.72. The molecule has 0 aliphatic carbocycles. The van der Waals surface area contributed by atoms with Gasteiger partial charge in [-0.05, 0) is 36.9 Å². The number of carbonyl (C=O) groups is 1. The summed E-state index contributed by atoms with van der Waals surface area (Å²) < 4.78 is 0. The van der Waals surface area contributed by atoms with Gasteiger partial charge in [-0.15, -0.1) is 0 Å². The lowest BCUT2D eigenvalue weighted by Crippen LogP contribution is -2.47. The average Bonchev–Trinajstić information content (AvgIpc) is 2.68. The SMILES string of the molecule is CCC(CN1CCC[C@H](C(=O)O)C1)(c1ccccc1)c1ccccc1. The summed E-state index contributed by atoms with van der Waals surface area (Å²) in [5.74, 6) is -0.902. The Balaban J connectivity index is 1.96. The highest BCUT2D eigenvalue weighted by atomic mass is 16.4. The van der Waals surface area contributed by atoms with Crippen LogP contribution in [0.1, 0.15) is 37.3 Å². The Labute approximate surface area is 150 Å². The highest BCUT2D eigenvalue weighted by Gasteiger charge is 2.36. The largest absolute Gasteiger partial charge is 0.481 e. The van der Waals surface area contributed by atoms with Crippen molar-refractivity contribution >= 4 is 5.97 Å². The molecule has 2 aromatic carbocycles. The van der Waals surface area contributed by atoms with Crippen molar-refractivity contribution in [1.82, 2.24) is 4.90 Å². The molecule has 2 aromatic rings. The van der Waals surface area contributed by atoms with E-state index in [-0.39, 0.29) is 11.3 Å². The van der Waals surface area contributed by atoms with Crippen LogP contribution in [0.2, 0.25) is 0 Å². The van der Waals surface area contributed by atoms with Crippen molar-refractivity contribution < 1.29 is 9.90 Å². The molecule has 1 N–H and O–H groups in total. The Morgan fingerprint density at radius 2 is 1.64 bits per heavy atom. The minimum Gasteiger partial charge on any atom is -0.481 e. The average molecular weight is 337 g/mol. The van der Waals surface area contributed by atoms with Crippen LogP contribution in [0.15, 0.2) is 60.7 Å². The number of benzene rings is 2. The molecule has 1 atom stereocenters. The van der Waals surface area contributed by atoms with Gasteiger partial charge in [0.15, 0.2) is 0 Å². The maximum atomic E-state index is 11.4.